The van der Waals surface area contributed by atoms with Crippen LogP contribution in [0.5, 0.6) is 0 Å². The van der Waals surface area contributed by atoms with E-state index < -0.39 is 0 Å². The molecular weight excluding hydrogens is 266 g/mol. The molecule has 0 aliphatic heterocycles. The third-order valence-corrected chi connectivity index (χ3v) is 3.15. The van der Waals surface area contributed by atoms with E-state index in [2.05, 4.69) is 39.7 Å². The van der Waals surface area contributed by atoms with Crippen LogP contribution in [-0.4, -0.2) is 9.97 Å². The molecule has 0 aliphatic rings. The van der Waals surface area contributed by atoms with Gasteiger partial charge in [-0.05, 0) is 12.0 Å². The number of rotatable bonds is 2. The van der Waals surface area contributed by atoms with Gasteiger partial charge in [0.05, 0.1) is 5.69 Å². The second kappa shape index (κ2) is 4.29. The number of hydrogen-bond donors (Lipinski definition) is 2. The molecule has 1 heterocycles. The Kier molecular flexibility index (Phi) is 3.01. The zero-order valence-corrected chi connectivity index (χ0v) is 10.9. The summed E-state index contributed by atoms with van der Waals surface area (Å²) in [6.07, 6.45) is 0. The van der Waals surface area contributed by atoms with Crippen LogP contribution < -0.4 is 5.73 Å². The average Bonchev–Trinajstić information content (AvgIpc) is 2.61. The molecule has 1 aromatic heterocycles. The van der Waals surface area contributed by atoms with Gasteiger partial charge in [0.2, 0.25) is 0 Å². The van der Waals surface area contributed by atoms with Crippen molar-refractivity contribution in [1.82, 2.24) is 9.97 Å². The zero-order chi connectivity index (χ0) is 11.7. The lowest BCUT2D eigenvalue weighted by atomic mass is 10.0. The summed E-state index contributed by atoms with van der Waals surface area (Å²) in [4.78, 5) is 7.47. The van der Waals surface area contributed by atoms with Crippen LogP contribution in [0.2, 0.25) is 0 Å². The van der Waals surface area contributed by atoms with Crippen molar-refractivity contribution in [1.29, 1.82) is 0 Å². The quantitative estimate of drug-likeness (QED) is 0.884. The first-order valence-corrected chi connectivity index (χ1v) is 5.99. The van der Waals surface area contributed by atoms with E-state index in [1.807, 2.05) is 24.3 Å². The lowest BCUT2D eigenvalue weighted by Crippen LogP contribution is -1.92. The summed E-state index contributed by atoms with van der Waals surface area (Å²) < 4.78 is 1.03. The first-order valence-electron chi connectivity index (χ1n) is 5.20. The molecule has 0 saturated heterocycles. The van der Waals surface area contributed by atoms with Crippen LogP contribution in [0.25, 0.3) is 11.3 Å². The fourth-order valence-electron chi connectivity index (χ4n) is 1.68. The Balaban J connectivity index is 2.60. The number of nitrogens with two attached hydrogens (primary N) is 1. The summed E-state index contributed by atoms with van der Waals surface area (Å²) in [7, 11) is 0. The number of aromatic nitrogens is 2. The SMILES string of the molecule is CC(C)c1[nH]c(N)nc1-c1ccccc1Br. The van der Waals surface area contributed by atoms with Crippen molar-refractivity contribution >= 4 is 21.9 Å². The van der Waals surface area contributed by atoms with E-state index in [4.69, 9.17) is 5.73 Å². The monoisotopic (exact) mass is 279 g/mol. The normalized spacial score (nSPS) is 11.0. The van der Waals surface area contributed by atoms with Crippen LogP contribution in [0, 0.1) is 0 Å². The van der Waals surface area contributed by atoms with Gasteiger partial charge >= 0.3 is 0 Å². The van der Waals surface area contributed by atoms with Gasteiger partial charge in [-0.1, -0.05) is 48.0 Å². The van der Waals surface area contributed by atoms with Crippen LogP contribution in [0.3, 0.4) is 0 Å². The first kappa shape index (κ1) is 11.2. The number of aromatic amines is 1. The fourth-order valence-corrected chi connectivity index (χ4v) is 2.15. The van der Waals surface area contributed by atoms with Crippen molar-refractivity contribution in [3.8, 4) is 11.3 Å². The zero-order valence-electron chi connectivity index (χ0n) is 9.29. The molecule has 0 bridgehead atoms. The highest BCUT2D eigenvalue weighted by molar-refractivity contribution is 9.10. The van der Waals surface area contributed by atoms with Gasteiger partial charge in [0.25, 0.3) is 0 Å². The highest BCUT2D eigenvalue weighted by Gasteiger charge is 2.15. The van der Waals surface area contributed by atoms with Gasteiger partial charge in [-0.3, -0.25) is 0 Å². The Morgan fingerprint density at radius 1 is 1.31 bits per heavy atom. The maximum Gasteiger partial charge on any atom is 0.198 e. The standard InChI is InChI=1S/C12H14BrN3/c1-7(2)10-11(16-12(14)15-10)8-5-3-4-6-9(8)13/h3-7H,1-2H3,(H3,14,15,16). The van der Waals surface area contributed by atoms with Crippen LogP contribution in [0.1, 0.15) is 25.5 Å². The third-order valence-electron chi connectivity index (χ3n) is 2.46. The van der Waals surface area contributed by atoms with Gasteiger partial charge in [0.1, 0.15) is 0 Å². The Bertz CT molecular complexity index is 503. The number of nitrogen functional groups attached to an aromatic ring is 1. The Morgan fingerprint density at radius 3 is 2.62 bits per heavy atom. The smallest absolute Gasteiger partial charge is 0.198 e. The number of anilines is 1. The number of nitrogens with zero attached hydrogens (tertiary/aromatic N) is 1. The Morgan fingerprint density at radius 2 is 2.00 bits per heavy atom. The van der Waals surface area contributed by atoms with Crippen molar-refractivity contribution < 1.29 is 0 Å². The minimum Gasteiger partial charge on any atom is -0.369 e. The molecule has 0 unspecified atom stereocenters. The maximum absolute atomic E-state index is 5.72. The van der Waals surface area contributed by atoms with Crippen LogP contribution in [0.4, 0.5) is 5.95 Å². The van der Waals surface area contributed by atoms with Crippen molar-refractivity contribution in [2.24, 2.45) is 0 Å². The summed E-state index contributed by atoms with van der Waals surface area (Å²) in [5.41, 5.74) is 8.80. The molecule has 4 heteroatoms. The summed E-state index contributed by atoms with van der Waals surface area (Å²) in [5.74, 6) is 0.835. The molecule has 3 N–H and O–H groups in total. The topological polar surface area (TPSA) is 54.7 Å². The third kappa shape index (κ3) is 1.97. The molecular formula is C12H14BrN3. The molecule has 0 saturated carbocycles. The molecule has 0 amide bonds. The molecule has 16 heavy (non-hydrogen) atoms. The van der Waals surface area contributed by atoms with Gasteiger partial charge in [-0.15, -0.1) is 0 Å². The van der Waals surface area contributed by atoms with Crippen molar-refractivity contribution in [2.45, 2.75) is 19.8 Å². The summed E-state index contributed by atoms with van der Waals surface area (Å²) >= 11 is 3.53. The molecule has 0 atom stereocenters. The molecule has 0 radical (unpaired) electrons. The minimum absolute atomic E-state index is 0.368. The van der Waals surface area contributed by atoms with Crippen molar-refractivity contribution in [2.75, 3.05) is 5.73 Å². The van der Waals surface area contributed by atoms with Crippen molar-refractivity contribution in [3.05, 3.63) is 34.4 Å². The van der Waals surface area contributed by atoms with Gasteiger partial charge < -0.3 is 10.7 Å². The minimum atomic E-state index is 0.368. The predicted octanol–water partition coefficient (Wildman–Crippen LogP) is 3.54. The largest absolute Gasteiger partial charge is 0.369 e. The molecule has 0 fully saturated rings. The van der Waals surface area contributed by atoms with E-state index >= 15 is 0 Å². The number of imidazole rings is 1. The Hall–Kier alpha value is -1.29. The summed E-state index contributed by atoms with van der Waals surface area (Å²) in [6, 6.07) is 8.02. The molecule has 0 spiro atoms. The predicted molar refractivity (Wildman–Crippen MR) is 70.2 cm³/mol. The van der Waals surface area contributed by atoms with Gasteiger partial charge in [0.15, 0.2) is 5.95 Å². The number of H-pyrrole nitrogens is 1. The molecule has 2 aromatic rings. The second-order valence-corrected chi connectivity index (χ2v) is 4.87. The molecule has 84 valence electrons. The number of nitrogens with one attached hydrogen (secondary N) is 1. The fraction of sp³-hybridized carbons (Fsp3) is 0.250. The summed E-state index contributed by atoms with van der Waals surface area (Å²) in [5, 5.41) is 0. The number of halogens is 1. The molecule has 3 nitrogen and oxygen atoms in total. The summed E-state index contributed by atoms with van der Waals surface area (Å²) in [6.45, 7) is 4.24. The second-order valence-electron chi connectivity index (χ2n) is 4.02. The number of benzene rings is 1. The highest BCUT2D eigenvalue weighted by atomic mass is 79.9. The van der Waals surface area contributed by atoms with Crippen molar-refractivity contribution in [3.63, 3.8) is 0 Å². The maximum atomic E-state index is 5.72. The Labute approximate surface area is 103 Å². The van der Waals surface area contributed by atoms with E-state index in [0.29, 0.717) is 11.9 Å². The van der Waals surface area contributed by atoms with E-state index in [1.165, 1.54) is 0 Å². The van der Waals surface area contributed by atoms with E-state index in [1.54, 1.807) is 0 Å². The molecule has 2 rings (SSSR count). The van der Waals surface area contributed by atoms with E-state index in [0.717, 1.165) is 21.4 Å². The molecule has 0 aliphatic carbocycles. The van der Waals surface area contributed by atoms with E-state index in [9.17, 15) is 0 Å². The highest BCUT2D eigenvalue weighted by Crippen LogP contribution is 2.32. The number of hydrogen-bond acceptors (Lipinski definition) is 2. The van der Waals surface area contributed by atoms with Gasteiger partial charge in [-0.25, -0.2) is 4.98 Å². The van der Waals surface area contributed by atoms with Crippen LogP contribution in [-0.2, 0) is 0 Å². The first-order chi connectivity index (χ1) is 7.59. The van der Waals surface area contributed by atoms with E-state index in [-0.39, 0.29) is 0 Å². The lowest BCUT2D eigenvalue weighted by Gasteiger charge is -2.07. The molecule has 1 aromatic carbocycles. The van der Waals surface area contributed by atoms with Gasteiger partial charge in [0, 0.05) is 15.7 Å². The van der Waals surface area contributed by atoms with Crippen LogP contribution in [0.15, 0.2) is 28.7 Å². The average molecular weight is 280 g/mol. The van der Waals surface area contributed by atoms with Crippen LogP contribution >= 0.6 is 15.9 Å². The van der Waals surface area contributed by atoms with Gasteiger partial charge in [-0.2, -0.15) is 0 Å². The lowest BCUT2D eigenvalue weighted by molar-refractivity contribution is 0.836.